The number of nitrogens with one attached hydrogen (secondary N) is 2. The second kappa shape index (κ2) is 8.87. The van der Waals surface area contributed by atoms with E-state index in [0.717, 1.165) is 24.9 Å². The molecule has 3 rings (SSSR count). The van der Waals surface area contributed by atoms with Crippen LogP contribution < -0.4 is 11.1 Å². The van der Waals surface area contributed by atoms with Crippen LogP contribution in [0.3, 0.4) is 0 Å². The van der Waals surface area contributed by atoms with Crippen LogP contribution in [0.5, 0.6) is 0 Å². The van der Waals surface area contributed by atoms with Crippen molar-refractivity contribution in [1.29, 1.82) is 5.41 Å². The molecule has 1 heterocycles. The normalized spacial score (nSPS) is 14.8. The Balaban J connectivity index is 1.54. The van der Waals surface area contributed by atoms with Gasteiger partial charge in [-0.2, -0.15) is 0 Å². The molecule has 26 heavy (non-hydrogen) atoms. The van der Waals surface area contributed by atoms with Gasteiger partial charge in [-0.05, 0) is 60.7 Å². The molecule has 0 saturated carbocycles. The van der Waals surface area contributed by atoms with Crippen molar-refractivity contribution < 1.29 is 4.79 Å². The third-order valence-corrected chi connectivity index (χ3v) is 5.54. The second-order valence-electron chi connectivity index (χ2n) is 6.40. The summed E-state index contributed by atoms with van der Waals surface area (Å²) in [5, 5.41) is 10.2. The molecule has 1 aliphatic heterocycles. The van der Waals surface area contributed by atoms with Gasteiger partial charge in [-0.3, -0.25) is 4.79 Å². The summed E-state index contributed by atoms with van der Waals surface area (Å²) in [4.78, 5) is 13.5. The first kappa shape index (κ1) is 18.5. The summed E-state index contributed by atoms with van der Waals surface area (Å²) in [7, 11) is 0. The average molecular weight is 369 g/mol. The number of rotatable bonds is 6. The lowest BCUT2D eigenvalue weighted by atomic mass is 10.1. The number of nitrogen functional groups attached to an aromatic ring is 1. The molecule has 0 aliphatic carbocycles. The first-order chi connectivity index (χ1) is 12.7. The lowest BCUT2D eigenvalue weighted by Crippen LogP contribution is -2.23. The van der Waals surface area contributed by atoms with E-state index in [4.69, 9.17) is 11.1 Å². The zero-order valence-electron chi connectivity index (χ0n) is 14.7. The van der Waals surface area contributed by atoms with Gasteiger partial charge < -0.3 is 16.5 Å². The average Bonchev–Trinajstić information content (AvgIpc) is 2.68. The van der Waals surface area contributed by atoms with Crippen molar-refractivity contribution in [3.8, 4) is 0 Å². The number of nitrogens with two attached hydrogens (primary N) is 1. The van der Waals surface area contributed by atoms with E-state index in [1.165, 1.54) is 24.2 Å². The minimum Gasteiger partial charge on any atom is -0.398 e. The summed E-state index contributed by atoms with van der Waals surface area (Å²) in [6, 6.07) is 13.3. The van der Waals surface area contributed by atoms with Crippen molar-refractivity contribution in [3.63, 3.8) is 0 Å². The zero-order chi connectivity index (χ0) is 18.4. The van der Waals surface area contributed by atoms with Gasteiger partial charge in [-0.15, -0.1) is 0 Å². The third kappa shape index (κ3) is 4.86. The summed E-state index contributed by atoms with van der Waals surface area (Å²) in [6.07, 6.45) is 5.06. The zero-order valence-corrected chi connectivity index (χ0v) is 15.5. The Kier molecular flexibility index (Phi) is 6.30. The van der Waals surface area contributed by atoms with Crippen molar-refractivity contribution >= 4 is 29.8 Å². The summed E-state index contributed by atoms with van der Waals surface area (Å²) in [5.41, 5.74) is 8.38. The highest BCUT2D eigenvalue weighted by atomic mass is 32.2. The molecule has 1 amide bonds. The van der Waals surface area contributed by atoms with Crippen LogP contribution in [-0.2, 0) is 6.54 Å². The Morgan fingerprint density at radius 1 is 1.15 bits per heavy atom. The first-order valence-electron chi connectivity index (χ1n) is 8.86. The summed E-state index contributed by atoms with van der Waals surface area (Å²) >= 11 is 1.81. The highest BCUT2D eigenvalue weighted by molar-refractivity contribution is 7.97. The van der Waals surface area contributed by atoms with Crippen molar-refractivity contribution in [2.24, 2.45) is 0 Å². The molecule has 0 spiro atoms. The summed E-state index contributed by atoms with van der Waals surface area (Å²) in [6.45, 7) is 2.78. The SMILES string of the molecule is N=Cc1cc(C(=O)NCc2ccc(SN3CCCCC3)cc2)ccc1N. The molecule has 136 valence electrons. The third-order valence-electron chi connectivity index (χ3n) is 4.43. The Hall–Kier alpha value is -2.31. The van der Waals surface area contributed by atoms with Crippen LogP contribution in [0.15, 0.2) is 47.4 Å². The van der Waals surface area contributed by atoms with Gasteiger partial charge in [0.15, 0.2) is 0 Å². The Labute approximate surface area is 158 Å². The number of anilines is 1. The molecular weight excluding hydrogens is 344 g/mol. The largest absolute Gasteiger partial charge is 0.398 e. The van der Waals surface area contributed by atoms with Gasteiger partial charge in [-0.1, -0.05) is 18.6 Å². The van der Waals surface area contributed by atoms with Crippen LogP contribution in [0.4, 0.5) is 5.69 Å². The molecule has 1 aliphatic rings. The van der Waals surface area contributed by atoms with Gasteiger partial charge >= 0.3 is 0 Å². The molecule has 0 radical (unpaired) electrons. The maximum Gasteiger partial charge on any atom is 0.251 e. The Morgan fingerprint density at radius 3 is 2.58 bits per heavy atom. The van der Waals surface area contributed by atoms with Gasteiger partial charge in [0.1, 0.15) is 0 Å². The fourth-order valence-electron chi connectivity index (χ4n) is 2.90. The lowest BCUT2D eigenvalue weighted by molar-refractivity contribution is 0.0951. The fourth-order valence-corrected chi connectivity index (χ4v) is 3.90. The van der Waals surface area contributed by atoms with E-state index >= 15 is 0 Å². The van der Waals surface area contributed by atoms with Gasteiger partial charge in [0.25, 0.3) is 5.91 Å². The van der Waals surface area contributed by atoms with E-state index < -0.39 is 0 Å². The predicted molar refractivity (Wildman–Crippen MR) is 108 cm³/mol. The number of hydrogen-bond acceptors (Lipinski definition) is 5. The van der Waals surface area contributed by atoms with Crippen molar-refractivity contribution in [1.82, 2.24) is 9.62 Å². The van der Waals surface area contributed by atoms with Crippen LogP contribution in [-0.4, -0.2) is 29.5 Å². The topological polar surface area (TPSA) is 82.2 Å². The molecule has 1 fully saturated rings. The van der Waals surface area contributed by atoms with E-state index in [9.17, 15) is 4.79 Å². The number of piperidine rings is 1. The predicted octanol–water partition coefficient (Wildman–Crippen LogP) is 3.69. The number of benzene rings is 2. The number of amides is 1. The summed E-state index contributed by atoms with van der Waals surface area (Å²) in [5.74, 6) is -0.167. The van der Waals surface area contributed by atoms with E-state index in [-0.39, 0.29) is 5.91 Å². The molecule has 4 N–H and O–H groups in total. The van der Waals surface area contributed by atoms with Gasteiger partial charge in [0, 0.05) is 47.6 Å². The van der Waals surface area contributed by atoms with Gasteiger partial charge in [0.2, 0.25) is 0 Å². The highest BCUT2D eigenvalue weighted by Gasteiger charge is 2.11. The van der Waals surface area contributed by atoms with Crippen molar-refractivity contribution in [2.75, 3.05) is 18.8 Å². The maximum absolute atomic E-state index is 12.3. The quantitative estimate of drug-likeness (QED) is 0.413. The molecule has 0 aromatic heterocycles. The molecule has 0 atom stereocenters. The minimum absolute atomic E-state index is 0.167. The minimum atomic E-state index is -0.167. The van der Waals surface area contributed by atoms with Crippen LogP contribution in [0.1, 0.15) is 40.7 Å². The fraction of sp³-hybridized carbons (Fsp3) is 0.300. The Morgan fingerprint density at radius 2 is 1.88 bits per heavy atom. The van der Waals surface area contributed by atoms with E-state index in [2.05, 4.69) is 33.9 Å². The number of carbonyl (C=O) groups is 1. The number of hydrogen-bond donors (Lipinski definition) is 3. The van der Waals surface area contributed by atoms with Crippen molar-refractivity contribution in [3.05, 3.63) is 59.2 Å². The molecular formula is C20H24N4OS. The molecule has 0 bridgehead atoms. The van der Waals surface area contributed by atoms with Gasteiger partial charge in [-0.25, -0.2) is 4.31 Å². The molecule has 2 aromatic carbocycles. The van der Waals surface area contributed by atoms with Crippen LogP contribution in [0.2, 0.25) is 0 Å². The monoisotopic (exact) mass is 368 g/mol. The molecule has 1 saturated heterocycles. The van der Waals surface area contributed by atoms with Crippen molar-refractivity contribution in [2.45, 2.75) is 30.7 Å². The molecule has 2 aromatic rings. The van der Waals surface area contributed by atoms with Gasteiger partial charge in [0.05, 0.1) is 0 Å². The Bertz CT molecular complexity index is 770. The first-order valence-corrected chi connectivity index (χ1v) is 9.63. The maximum atomic E-state index is 12.3. The smallest absolute Gasteiger partial charge is 0.251 e. The standard InChI is InChI=1S/C20H24N4OS/c21-13-17-12-16(6-9-19(17)22)20(25)23-14-15-4-7-18(8-5-15)26-24-10-2-1-3-11-24/h4-9,12-13,21H,1-3,10-11,14,22H2,(H,23,25). The highest BCUT2D eigenvalue weighted by Crippen LogP contribution is 2.26. The van der Waals surface area contributed by atoms with Crippen LogP contribution in [0.25, 0.3) is 0 Å². The molecule has 0 unspecified atom stereocenters. The lowest BCUT2D eigenvalue weighted by Gasteiger charge is -2.25. The number of nitrogens with zero attached hydrogens (tertiary/aromatic N) is 1. The molecule has 5 nitrogen and oxygen atoms in total. The summed E-state index contributed by atoms with van der Waals surface area (Å²) < 4.78 is 2.42. The molecule has 6 heteroatoms. The van der Waals surface area contributed by atoms with E-state index in [1.54, 1.807) is 18.2 Å². The second-order valence-corrected chi connectivity index (χ2v) is 7.57. The number of carbonyl (C=O) groups excluding carboxylic acids is 1. The van der Waals surface area contributed by atoms with Crippen LogP contribution in [0, 0.1) is 5.41 Å². The van der Waals surface area contributed by atoms with Crippen LogP contribution >= 0.6 is 11.9 Å². The van der Waals surface area contributed by atoms with E-state index in [1.807, 2.05) is 11.9 Å². The van der Waals surface area contributed by atoms with E-state index in [0.29, 0.717) is 23.4 Å².